The van der Waals surface area contributed by atoms with Gasteiger partial charge < -0.3 is 10.1 Å². The Balaban J connectivity index is 2.23. The number of ether oxygens (including phenoxy) is 1. The normalized spacial score (nSPS) is 10.3. The number of hydrogen-bond donors (Lipinski definition) is 1. The number of aryl methyl sites for hydroxylation is 1. The quantitative estimate of drug-likeness (QED) is 0.529. The van der Waals surface area contributed by atoms with E-state index in [1.54, 1.807) is 0 Å². The first-order valence-corrected chi connectivity index (χ1v) is 4.92. The summed E-state index contributed by atoms with van der Waals surface area (Å²) in [5.74, 6) is 0.668. The van der Waals surface area contributed by atoms with E-state index in [-0.39, 0.29) is 5.97 Å². The Morgan fingerprint density at radius 3 is 3.13 bits per heavy atom. The lowest BCUT2D eigenvalue weighted by Gasteiger charge is -2.04. The number of methoxy groups -OCH3 is 1. The Labute approximate surface area is 88.6 Å². The largest absolute Gasteiger partial charge is 0.469 e. The van der Waals surface area contributed by atoms with Crippen molar-refractivity contribution < 1.29 is 9.53 Å². The molecule has 15 heavy (non-hydrogen) atoms. The van der Waals surface area contributed by atoms with Crippen LogP contribution in [0.15, 0.2) is 6.33 Å². The maximum atomic E-state index is 10.8. The molecule has 84 valence electrons. The fourth-order valence-electron chi connectivity index (χ4n) is 1.18. The Hall–Kier alpha value is -1.43. The Morgan fingerprint density at radius 2 is 2.47 bits per heavy atom. The lowest BCUT2D eigenvalue weighted by molar-refractivity contribution is -0.140. The zero-order valence-electron chi connectivity index (χ0n) is 9.06. The molecule has 1 aromatic heterocycles. The molecule has 0 amide bonds. The summed E-state index contributed by atoms with van der Waals surface area (Å²) in [5, 5.41) is 7.14. The highest BCUT2D eigenvalue weighted by molar-refractivity contribution is 5.69. The van der Waals surface area contributed by atoms with E-state index >= 15 is 0 Å². The highest BCUT2D eigenvalue weighted by Crippen LogP contribution is 1.93. The van der Waals surface area contributed by atoms with Gasteiger partial charge in [-0.15, -0.1) is 0 Å². The SMILES string of the molecule is CCn1ncnc1CNCCC(=O)OC. The third-order valence-corrected chi connectivity index (χ3v) is 2.01. The molecule has 0 spiro atoms. The Bertz CT molecular complexity index is 311. The van der Waals surface area contributed by atoms with Crippen LogP contribution in [0.2, 0.25) is 0 Å². The summed E-state index contributed by atoms with van der Waals surface area (Å²) in [4.78, 5) is 14.9. The third-order valence-electron chi connectivity index (χ3n) is 2.01. The van der Waals surface area contributed by atoms with Crippen LogP contribution in [0, 0.1) is 0 Å². The molecule has 0 saturated heterocycles. The number of hydrogen-bond acceptors (Lipinski definition) is 5. The number of nitrogens with zero attached hydrogens (tertiary/aromatic N) is 3. The summed E-state index contributed by atoms with van der Waals surface area (Å²) in [5.41, 5.74) is 0. The van der Waals surface area contributed by atoms with Gasteiger partial charge in [0.2, 0.25) is 0 Å². The molecule has 6 heteroatoms. The number of rotatable bonds is 6. The molecule has 0 saturated carbocycles. The van der Waals surface area contributed by atoms with Crippen LogP contribution < -0.4 is 5.32 Å². The predicted molar refractivity (Wildman–Crippen MR) is 54.0 cm³/mol. The first kappa shape index (κ1) is 11.6. The zero-order valence-corrected chi connectivity index (χ0v) is 9.06. The predicted octanol–water partition coefficient (Wildman–Crippen LogP) is -0.0493. The van der Waals surface area contributed by atoms with Gasteiger partial charge >= 0.3 is 5.97 Å². The van der Waals surface area contributed by atoms with Gasteiger partial charge in [0.15, 0.2) is 0 Å². The van der Waals surface area contributed by atoms with E-state index in [0.29, 0.717) is 19.5 Å². The van der Waals surface area contributed by atoms with Crippen molar-refractivity contribution in [1.82, 2.24) is 20.1 Å². The van der Waals surface area contributed by atoms with Crippen molar-refractivity contribution in [2.45, 2.75) is 26.4 Å². The van der Waals surface area contributed by atoms with Gasteiger partial charge in [-0.25, -0.2) is 9.67 Å². The van der Waals surface area contributed by atoms with E-state index in [4.69, 9.17) is 0 Å². The zero-order chi connectivity index (χ0) is 11.1. The Morgan fingerprint density at radius 1 is 1.67 bits per heavy atom. The number of esters is 1. The highest BCUT2D eigenvalue weighted by Gasteiger charge is 2.02. The summed E-state index contributed by atoms with van der Waals surface area (Å²) >= 11 is 0. The molecular weight excluding hydrogens is 196 g/mol. The van der Waals surface area contributed by atoms with Gasteiger partial charge in [0, 0.05) is 13.1 Å². The van der Waals surface area contributed by atoms with Crippen LogP contribution in [0.5, 0.6) is 0 Å². The van der Waals surface area contributed by atoms with Crippen LogP contribution in [-0.4, -0.2) is 34.4 Å². The average Bonchev–Trinajstić information content (AvgIpc) is 2.71. The van der Waals surface area contributed by atoms with Gasteiger partial charge in [0.25, 0.3) is 0 Å². The van der Waals surface area contributed by atoms with Crippen LogP contribution >= 0.6 is 0 Å². The standard InChI is InChI=1S/C9H16N4O2/c1-3-13-8(11-7-12-13)6-10-5-4-9(14)15-2/h7,10H,3-6H2,1-2H3. The summed E-state index contributed by atoms with van der Waals surface area (Å²) in [6.45, 7) is 4.01. The highest BCUT2D eigenvalue weighted by atomic mass is 16.5. The van der Waals surface area contributed by atoms with E-state index in [2.05, 4.69) is 20.1 Å². The van der Waals surface area contributed by atoms with Crippen molar-refractivity contribution in [3.8, 4) is 0 Å². The molecule has 0 radical (unpaired) electrons. The van der Waals surface area contributed by atoms with Crippen LogP contribution in [0.1, 0.15) is 19.2 Å². The van der Waals surface area contributed by atoms with Gasteiger partial charge in [-0.1, -0.05) is 0 Å². The van der Waals surface area contributed by atoms with Gasteiger partial charge in [0.1, 0.15) is 12.2 Å². The van der Waals surface area contributed by atoms with Crippen LogP contribution in [0.4, 0.5) is 0 Å². The van der Waals surface area contributed by atoms with E-state index < -0.39 is 0 Å². The molecule has 1 N–H and O–H groups in total. The molecule has 0 aromatic carbocycles. The fourth-order valence-corrected chi connectivity index (χ4v) is 1.18. The lowest BCUT2D eigenvalue weighted by Crippen LogP contribution is -2.21. The molecule has 1 heterocycles. The number of aromatic nitrogens is 3. The second kappa shape index (κ2) is 6.13. The smallest absolute Gasteiger partial charge is 0.306 e. The monoisotopic (exact) mass is 212 g/mol. The molecule has 1 aromatic rings. The van der Waals surface area contributed by atoms with Crippen molar-refractivity contribution in [1.29, 1.82) is 0 Å². The minimum absolute atomic E-state index is 0.209. The van der Waals surface area contributed by atoms with Gasteiger partial charge in [-0.2, -0.15) is 5.10 Å². The number of carbonyl (C=O) groups excluding carboxylic acids is 1. The summed E-state index contributed by atoms with van der Waals surface area (Å²) in [7, 11) is 1.38. The number of nitrogens with one attached hydrogen (secondary N) is 1. The maximum absolute atomic E-state index is 10.8. The summed E-state index contributed by atoms with van der Waals surface area (Å²) < 4.78 is 6.33. The first-order valence-electron chi connectivity index (χ1n) is 4.92. The lowest BCUT2D eigenvalue weighted by atomic mass is 10.4. The molecule has 1 rings (SSSR count). The summed E-state index contributed by atoms with van der Waals surface area (Å²) in [6.07, 6.45) is 1.90. The van der Waals surface area contributed by atoms with Crippen LogP contribution in [-0.2, 0) is 22.6 Å². The number of carbonyl (C=O) groups is 1. The topological polar surface area (TPSA) is 69.0 Å². The first-order chi connectivity index (χ1) is 7.27. The molecule has 0 aliphatic carbocycles. The Kier molecular flexibility index (Phi) is 4.76. The van der Waals surface area contributed by atoms with Gasteiger partial charge in [-0.05, 0) is 6.92 Å². The van der Waals surface area contributed by atoms with Crippen molar-refractivity contribution in [2.75, 3.05) is 13.7 Å². The second-order valence-electron chi connectivity index (χ2n) is 2.99. The molecular formula is C9H16N4O2. The van der Waals surface area contributed by atoms with E-state index in [9.17, 15) is 4.79 Å². The van der Waals surface area contributed by atoms with Gasteiger partial charge in [0.05, 0.1) is 20.1 Å². The molecule has 0 aliphatic heterocycles. The molecule has 0 unspecified atom stereocenters. The van der Waals surface area contributed by atoms with E-state index in [1.165, 1.54) is 13.4 Å². The average molecular weight is 212 g/mol. The summed E-state index contributed by atoms with van der Waals surface area (Å²) in [6, 6.07) is 0. The van der Waals surface area contributed by atoms with E-state index in [0.717, 1.165) is 12.4 Å². The molecule has 0 atom stereocenters. The van der Waals surface area contributed by atoms with Crippen molar-refractivity contribution in [3.05, 3.63) is 12.2 Å². The molecule has 0 fully saturated rings. The van der Waals surface area contributed by atoms with Crippen LogP contribution in [0.25, 0.3) is 0 Å². The van der Waals surface area contributed by atoms with Crippen molar-refractivity contribution >= 4 is 5.97 Å². The van der Waals surface area contributed by atoms with Crippen molar-refractivity contribution in [3.63, 3.8) is 0 Å². The van der Waals surface area contributed by atoms with Gasteiger partial charge in [-0.3, -0.25) is 4.79 Å². The third kappa shape index (κ3) is 3.67. The minimum atomic E-state index is -0.209. The minimum Gasteiger partial charge on any atom is -0.469 e. The molecule has 0 aliphatic rings. The molecule has 6 nitrogen and oxygen atoms in total. The van der Waals surface area contributed by atoms with Crippen molar-refractivity contribution in [2.24, 2.45) is 0 Å². The van der Waals surface area contributed by atoms with Crippen LogP contribution in [0.3, 0.4) is 0 Å². The fraction of sp³-hybridized carbons (Fsp3) is 0.667. The maximum Gasteiger partial charge on any atom is 0.306 e. The molecule has 0 bridgehead atoms. The second-order valence-corrected chi connectivity index (χ2v) is 2.99. The van der Waals surface area contributed by atoms with E-state index in [1.807, 2.05) is 11.6 Å².